The monoisotopic (exact) mass is 190 g/mol. The van der Waals surface area contributed by atoms with E-state index in [0.717, 1.165) is 5.92 Å². The molecule has 0 saturated carbocycles. The van der Waals surface area contributed by atoms with E-state index in [1.54, 1.807) is 0 Å². The van der Waals surface area contributed by atoms with Crippen LogP contribution in [0.3, 0.4) is 0 Å². The molecule has 1 rings (SSSR count). The van der Waals surface area contributed by atoms with Crippen molar-refractivity contribution in [3.05, 3.63) is 35.4 Å². The largest absolute Gasteiger partial charge is 0.0654 e. The van der Waals surface area contributed by atoms with Crippen LogP contribution in [0.4, 0.5) is 0 Å². The predicted molar refractivity (Wildman–Crippen MR) is 63.7 cm³/mol. The summed E-state index contributed by atoms with van der Waals surface area (Å²) in [6.07, 6.45) is 5.39. The van der Waals surface area contributed by atoms with E-state index in [-0.39, 0.29) is 0 Å². The van der Waals surface area contributed by atoms with Crippen molar-refractivity contribution in [2.24, 2.45) is 0 Å². The van der Waals surface area contributed by atoms with Crippen molar-refractivity contribution in [3.8, 4) is 0 Å². The minimum Gasteiger partial charge on any atom is -0.0654 e. The summed E-state index contributed by atoms with van der Waals surface area (Å²) in [5.41, 5.74) is 2.85. The van der Waals surface area contributed by atoms with Crippen molar-refractivity contribution in [3.63, 3.8) is 0 Å². The summed E-state index contributed by atoms with van der Waals surface area (Å²) in [5, 5.41) is 0. The van der Waals surface area contributed by atoms with E-state index in [0.29, 0.717) is 0 Å². The molecule has 0 amide bonds. The summed E-state index contributed by atoms with van der Waals surface area (Å²) in [6.45, 7) is 6.74. The van der Waals surface area contributed by atoms with Crippen molar-refractivity contribution < 1.29 is 0 Å². The highest BCUT2D eigenvalue weighted by Crippen LogP contribution is 2.21. The van der Waals surface area contributed by atoms with E-state index in [1.165, 1.54) is 36.8 Å². The van der Waals surface area contributed by atoms with Gasteiger partial charge in [-0.2, -0.15) is 0 Å². The van der Waals surface area contributed by atoms with Crippen LogP contribution in [0.2, 0.25) is 0 Å². The maximum atomic E-state index is 2.33. The Kier molecular flexibility index (Phi) is 4.72. The molecule has 0 spiro atoms. The third kappa shape index (κ3) is 3.53. The minimum atomic E-state index is 0.724. The Hall–Kier alpha value is -0.780. The summed E-state index contributed by atoms with van der Waals surface area (Å²) in [7, 11) is 0. The van der Waals surface area contributed by atoms with Crippen molar-refractivity contribution in [2.45, 2.75) is 52.4 Å². The van der Waals surface area contributed by atoms with Crippen LogP contribution >= 0.6 is 0 Å². The second kappa shape index (κ2) is 5.85. The minimum absolute atomic E-state index is 0.724. The molecular formula is C14H22. The molecule has 1 atom stereocenters. The number of unbranched alkanes of at least 4 members (excludes halogenated alkanes) is 2. The second-order valence-corrected chi connectivity index (χ2v) is 4.31. The normalized spacial score (nSPS) is 12.8. The van der Waals surface area contributed by atoms with Gasteiger partial charge in [-0.25, -0.2) is 0 Å². The quantitative estimate of drug-likeness (QED) is 0.591. The van der Waals surface area contributed by atoms with E-state index in [4.69, 9.17) is 0 Å². The molecule has 0 bridgehead atoms. The van der Waals surface area contributed by atoms with Gasteiger partial charge in [-0.05, 0) is 24.8 Å². The molecule has 0 aliphatic heterocycles. The van der Waals surface area contributed by atoms with Gasteiger partial charge in [0.1, 0.15) is 0 Å². The van der Waals surface area contributed by atoms with Crippen LogP contribution in [0, 0.1) is 6.92 Å². The van der Waals surface area contributed by atoms with Crippen molar-refractivity contribution in [1.29, 1.82) is 0 Å². The molecule has 1 aromatic rings. The fourth-order valence-corrected chi connectivity index (χ4v) is 1.76. The lowest BCUT2D eigenvalue weighted by Crippen LogP contribution is -1.93. The molecule has 0 unspecified atom stereocenters. The number of aryl methyl sites for hydroxylation is 1. The van der Waals surface area contributed by atoms with E-state index in [2.05, 4.69) is 45.0 Å². The SMILES string of the molecule is CCCCC[C@H](C)c1ccc(C)cc1. The molecule has 1 aromatic carbocycles. The summed E-state index contributed by atoms with van der Waals surface area (Å²) in [5.74, 6) is 0.724. The van der Waals surface area contributed by atoms with E-state index in [1.807, 2.05) is 0 Å². The van der Waals surface area contributed by atoms with Gasteiger partial charge in [0, 0.05) is 0 Å². The molecule has 0 nitrogen and oxygen atoms in total. The smallest absolute Gasteiger partial charge is 0.0190 e. The third-order valence-corrected chi connectivity index (χ3v) is 2.89. The highest BCUT2D eigenvalue weighted by atomic mass is 14.1. The van der Waals surface area contributed by atoms with Crippen LogP contribution in [0.1, 0.15) is 56.6 Å². The Balaban J connectivity index is 2.43. The van der Waals surface area contributed by atoms with Crippen LogP contribution in [-0.4, -0.2) is 0 Å². The van der Waals surface area contributed by atoms with Crippen LogP contribution in [0.5, 0.6) is 0 Å². The Morgan fingerprint density at radius 1 is 1.07 bits per heavy atom. The fourth-order valence-electron chi connectivity index (χ4n) is 1.76. The molecule has 0 fully saturated rings. The molecule has 0 radical (unpaired) electrons. The maximum absolute atomic E-state index is 2.33. The van der Waals surface area contributed by atoms with Crippen LogP contribution in [0.15, 0.2) is 24.3 Å². The summed E-state index contributed by atoms with van der Waals surface area (Å²) >= 11 is 0. The lowest BCUT2D eigenvalue weighted by molar-refractivity contribution is 0.598. The lowest BCUT2D eigenvalue weighted by atomic mass is 9.94. The Morgan fingerprint density at radius 3 is 2.29 bits per heavy atom. The number of hydrogen-bond donors (Lipinski definition) is 0. The fraction of sp³-hybridized carbons (Fsp3) is 0.571. The van der Waals surface area contributed by atoms with Gasteiger partial charge >= 0.3 is 0 Å². The van der Waals surface area contributed by atoms with E-state index < -0.39 is 0 Å². The van der Waals surface area contributed by atoms with Crippen LogP contribution < -0.4 is 0 Å². The van der Waals surface area contributed by atoms with Crippen LogP contribution in [0.25, 0.3) is 0 Å². The first-order valence-electron chi connectivity index (χ1n) is 5.80. The molecule has 78 valence electrons. The van der Waals surface area contributed by atoms with Gasteiger partial charge in [0.05, 0.1) is 0 Å². The highest BCUT2D eigenvalue weighted by molar-refractivity contribution is 5.23. The number of benzene rings is 1. The molecule has 0 heterocycles. The van der Waals surface area contributed by atoms with Crippen molar-refractivity contribution in [2.75, 3.05) is 0 Å². The summed E-state index contributed by atoms with van der Waals surface area (Å²) in [6, 6.07) is 8.97. The van der Waals surface area contributed by atoms with Crippen molar-refractivity contribution in [1.82, 2.24) is 0 Å². The van der Waals surface area contributed by atoms with Gasteiger partial charge in [0.2, 0.25) is 0 Å². The van der Waals surface area contributed by atoms with Crippen LogP contribution in [-0.2, 0) is 0 Å². The molecular weight excluding hydrogens is 168 g/mol. The van der Waals surface area contributed by atoms with E-state index >= 15 is 0 Å². The first-order chi connectivity index (χ1) is 6.74. The number of rotatable bonds is 5. The summed E-state index contributed by atoms with van der Waals surface area (Å²) in [4.78, 5) is 0. The Bertz CT molecular complexity index is 245. The topological polar surface area (TPSA) is 0 Å². The molecule has 0 heteroatoms. The number of hydrogen-bond acceptors (Lipinski definition) is 0. The highest BCUT2D eigenvalue weighted by Gasteiger charge is 2.03. The molecule has 0 aliphatic rings. The molecule has 0 N–H and O–H groups in total. The molecule has 0 aromatic heterocycles. The molecule has 14 heavy (non-hydrogen) atoms. The standard InChI is InChI=1S/C14H22/c1-4-5-6-7-13(3)14-10-8-12(2)9-11-14/h8-11,13H,4-7H2,1-3H3/t13-/m0/s1. The van der Waals surface area contributed by atoms with Gasteiger partial charge in [-0.1, -0.05) is 62.9 Å². The van der Waals surface area contributed by atoms with Gasteiger partial charge in [-0.3, -0.25) is 0 Å². The maximum Gasteiger partial charge on any atom is -0.0190 e. The Labute approximate surface area is 88.4 Å². The molecule has 0 aliphatic carbocycles. The van der Waals surface area contributed by atoms with Gasteiger partial charge in [0.25, 0.3) is 0 Å². The van der Waals surface area contributed by atoms with Gasteiger partial charge in [0.15, 0.2) is 0 Å². The van der Waals surface area contributed by atoms with E-state index in [9.17, 15) is 0 Å². The zero-order chi connectivity index (χ0) is 10.4. The van der Waals surface area contributed by atoms with Crippen molar-refractivity contribution >= 4 is 0 Å². The summed E-state index contributed by atoms with van der Waals surface area (Å²) < 4.78 is 0. The Morgan fingerprint density at radius 2 is 1.71 bits per heavy atom. The zero-order valence-corrected chi connectivity index (χ0v) is 9.72. The average molecular weight is 190 g/mol. The first kappa shape index (κ1) is 11.3. The first-order valence-corrected chi connectivity index (χ1v) is 5.80. The zero-order valence-electron chi connectivity index (χ0n) is 9.72. The predicted octanol–water partition coefficient (Wildman–Crippen LogP) is 4.68. The van der Waals surface area contributed by atoms with Gasteiger partial charge < -0.3 is 0 Å². The average Bonchev–Trinajstić information content (AvgIpc) is 2.19. The molecule has 0 saturated heterocycles. The lowest BCUT2D eigenvalue weighted by Gasteiger charge is -2.11. The second-order valence-electron chi connectivity index (χ2n) is 4.31. The third-order valence-electron chi connectivity index (χ3n) is 2.89. The van der Waals surface area contributed by atoms with Gasteiger partial charge in [-0.15, -0.1) is 0 Å².